The van der Waals surface area contributed by atoms with Gasteiger partial charge in [-0.1, -0.05) is 0 Å². The Balaban J connectivity index is 2.19. The summed E-state index contributed by atoms with van der Waals surface area (Å²) in [5.74, 6) is -3.81. The zero-order chi connectivity index (χ0) is 26.1. The molecule has 8 nitrogen and oxygen atoms in total. The molecule has 15 heteroatoms. The minimum absolute atomic E-state index is 0.139. The van der Waals surface area contributed by atoms with E-state index in [4.69, 9.17) is 5.73 Å². The number of hydrogen-bond donors (Lipinski definition) is 3. The lowest BCUT2D eigenvalue weighted by Crippen LogP contribution is -2.64. The summed E-state index contributed by atoms with van der Waals surface area (Å²) in [7, 11) is 0. The number of primary amides is 1. The molecular formula is C19H20F7N5O3. The van der Waals surface area contributed by atoms with Crippen molar-refractivity contribution in [3.8, 4) is 11.3 Å². The zero-order valence-corrected chi connectivity index (χ0v) is 17.9. The molecule has 1 aromatic carbocycles. The first-order valence-corrected chi connectivity index (χ1v) is 9.41. The number of amides is 2. The molecule has 0 spiro atoms. The molecule has 0 radical (unpaired) electrons. The summed E-state index contributed by atoms with van der Waals surface area (Å²) in [4.78, 5) is 23.6. The van der Waals surface area contributed by atoms with Gasteiger partial charge in [0.25, 0.3) is 5.91 Å². The van der Waals surface area contributed by atoms with E-state index in [2.05, 4.69) is 15.3 Å². The number of carbonyl (C=O) groups is 2. The van der Waals surface area contributed by atoms with Crippen LogP contribution in [-0.2, 0) is 16.1 Å². The molecule has 34 heavy (non-hydrogen) atoms. The molecule has 0 fully saturated rings. The van der Waals surface area contributed by atoms with Gasteiger partial charge in [-0.3, -0.25) is 10.2 Å². The smallest absolute Gasteiger partial charge is 0.405 e. The Morgan fingerprint density at radius 1 is 1.15 bits per heavy atom. The van der Waals surface area contributed by atoms with Crippen molar-refractivity contribution < 1.29 is 45.1 Å². The Morgan fingerprint density at radius 2 is 1.71 bits per heavy atom. The van der Waals surface area contributed by atoms with Crippen molar-refractivity contribution in [1.29, 1.82) is 0 Å². The summed E-state index contributed by atoms with van der Waals surface area (Å²) in [6.07, 6.45) is -5.76. The molecular weight excluding hydrogens is 479 g/mol. The third kappa shape index (κ3) is 5.24. The van der Waals surface area contributed by atoms with Crippen LogP contribution < -0.4 is 16.6 Å². The topological polar surface area (TPSA) is 111 Å². The van der Waals surface area contributed by atoms with E-state index in [1.807, 2.05) is 5.43 Å². The van der Waals surface area contributed by atoms with Gasteiger partial charge in [-0.2, -0.15) is 27.1 Å². The predicted molar refractivity (Wildman–Crippen MR) is 103 cm³/mol. The van der Waals surface area contributed by atoms with E-state index in [0.717, 1.165) is 24.4 Å². The molecule has 1 aromatic heterocycles. The maximum Gasteiger partial charge on any atom is 0.405 e. The number of nitrogens with one attached hydrogen (secondary N) is 2. The van der Waals surface area contributed by atoms with Gasteiger partial charge >= 0.3 is 18.8 Å². The van der Waals surface area contributed by atoms with Gasteiger partial charge in [-0.05, 0) is 39.0 Å². The van der Waals surface area contributed by atoms with Crippen molar-refractivity contribution >= 4 is 12.0 Å². The van der Waals surface area contributed by atoms with Crippen molar-refractivity contribution in [1.82, 2.24) is 20.6 Å². The summed E-state index contributed by atoms with van der Waals surface area (Å²) in [5, 5.41) is 3.49. The van der Waals surface area contributed by atoms with Gasteiger partial charge in [-0.25, -0.2) is 23.7 Å². The van der Waals surface area contributed by atoms with Crippen LogP contribution in [0.5, 0.6) is 0 Å². The van der Waals surface area contributed by atoms with E-state index >= 15 is 0 Å². The standard InChI is InChI=1S/C19H20F7N5O3/c1-17(2,19(24,25)26)18(3,34-16(27)33)14(32)29-28-8-10-11(20)6-9(7-12(10)21)13-4-5-31(30-13)15(22)23/h4-7,15,28H,8H2,1-3H3,(H2,27,33)(H,29,32)/t18-/m1/s1. The Labute approximate surface area is 188 Å². The number of benzene rings is 1. The van der Waals surface area contributed by atoms with E-state index in [1.54, 1.807) is 0 Å². The molecule has 1 heterocycles. The second-order valence-electron chi connectivity index (χ2n) is 7.76. The maximum atomic E-state index is 14.4. The van der Waals surface area contributed by atoms with Gasteiger partial charge in [0.05, 0.1) is 5.69 Å². The van der Waals surface area contributed by atoms with Gasteiger partial charge in [0.2, 0.25) is 5.60 Å². The minimum Gasteiger partial charge on any atom is -0.432 e. The van der Waals surface area contributed by atoms with Crippen LogP contribution in [-0.4, -0.2) is 33.6 Å². The summed E-state index contributed by atoms with van der Waals surface area (Å²) >= 11 is 0. The van der Waals surface area contributed by atoms with Crippen molar-refractivity contribution in [2.45, 2.75) is 45.6 Å². The van der Waals surface area contributed by atoms with Crippen molar-refractivity contribution in [3.05, 3.63) is 41.6 Å². The van der Waals surface area contributed by atoms with E-state index in [0.29, 0.717) is 20.8 Å². The first-order valence-electron chi connectivity index (χ1n) is 9.41. The van der Waals surface area contributed by atoms with Gasteiger partial charge < -0.3 is 10.5 Å². The Bertz CT molecular complexity index is 1050. The fourth-order valence-corrected chi connectivity index (χ4v) is 2.78. The lowest BCUT2D eigenvalue weighted by atomic mass is 9.74. The molecule has 0 aliphatic rings. The van der Waals surface area contributed by atoms with Crippen molar-refractivity contribution in [3.63, 3.8) is 0 Å². The van der Waals surface area contributed by atoms with E-state index in [-0.39, 0.29) is 15.9 Å². The average molecular weight is 499 g/mol. The highest BCUT2D eigenvalue weighted by Gasteiger charge is 2.64. The molecule has 0 saturated heterocycles. The molecule has 188 valence electrons. The molecule has 0 aliphatic heterocycles. The second-order valence-corrected chi connectivity index (χ2v) is 7.76. The Morgan fingerprint density at radius 3 is 2.15 bits per heavy atom. The fourth-order valence-electron chi connectivity index (χ4n) is 2.78. The van der Waals surface area contributed by atoms with Crippen LogP contribution in [0.4, 0.5) is 35.5 Å². The number of nitrogens with zero attached hydrogens (tertiary/aromatic N) is 2. The van der Waals surface area contributed by atoms with E-state index in [1.165, 1.54) is 0 Å². The normalized spacial score (nSPS) is 14.1. The van der Waals surface area contributed by atoms with Crippen molar-refractivity contribution in [2.24, 2.45) is 11.1 Å². The van der Waals surface area contributed by atoms with Crippen LogP contribution >= 0.6 is 0 Å². The van der Waals surface area contributed by atoms with E-state index < -0.39 is 59.5 Å². The van der Waals surface area contributed by atoms with Crippen LogP contribution in [0.1, 0.15) is 32.9 Å². The predicted octanol–water partition coefficient (Wildman–Crippen LogP) is 3.79. The lowest BCUT2D eigenvalue weighted by Gasteiger charge is -2.42. The summed E-state index contributed by atoms with van der Waals surface area (Å²) in [6.45, 7) is -1.82. The van der Waals surface area contributed by atoms with Crippen LogP contribution in [0.25, 0.3) is 11.3 Å². The zero-order valence-electron chi connectivity index (χ0n) is 17.9. The van der Waals surface area contributed by atoms with Crippen LogP contribution in [0.3, 0.4) is 0 Å². The molecule has 2 aromatic rings. The monoisotopic (exact) mass is 499 g/mol. The first-order chi connectivity index (χ1) is 15.5. The molecule has 2 rings (SSSR count). The van der Waals surface area contributed by atoms with Crippen molar-refractivity contribution in [2.75, 3.05) is 0 Å². The molecule has 0 saturated carbocycles. The SMILES string of the molecule is CC(C)(C(F)(F)F)[C@](C)(OC(N)=O)C(=O)NNCc1c(F)cc(-c2ccn(C(F)F)n2)cc1F. The maximum absolute atomic E-state index is 14.4. The number of ether oxygens (including phenoxy) is 1. The highest BCUT2D eigenvalue weighted by molar-refractivity contribution is 5.87. The van der Waals surface area contributed by atoms with Gasteiger partial charge in [0.15, 0.2) is 0 Å². The number of hydrogen-bond acceptors (Lipinski definition) is 5. The highest BCUT2D eigenvalue weighted by Crippen LogP contribution is 2.47. The molecule has 0 bridgehead atoms. The largest absolute Gasteiger partial charge is 0.432 e. The van der Waals surface area contributed by atoms with Gasteiger partial charge in [-0.15, -0.1) is 0 Å². The van der Waals surface area contributed by atoms with Crippen LogP contribution in [0.2, 0.25) is 0 Å². The fraction of sp³-hybridized carbons (Fsp3) is 0.421. The number of rotatable bonds is 8. The summed E-state index contributed by atoms with van der Waals surface area (Å²) < 4.78 is 99.3. The molecule has 4 N–H and O–H groups in total. The first kappa shape index (κ1) is 26.9. The third-order valence-corrected chi connectivity index (χ3v) is 5.35. The van der Waals surface area contributed by atoms with Crippen LogP contribution in [0.15, 0.2) is 24.4 Å². The highest BCUT2D eigenvalue weighted by atomic mass is 19.4. The molecule has 2 amide bonds. The van der Waals surface area contributed by atoms with Crippen LogP contribution in [0, 0.1) is 17.0 Å². The number of aromatic nitrogens is 2. The summed E-state index contributed by atoms with van der Waals surface area (Å²) in [5.41, 5.74) is 2.01. The molecule has 1 atom stereocenters. The Hall–Kier alpha value is -3.36. The number of halogens is 7. The number of nitrogens with two attached hydrogens (primary N) is 1. The number of carbonyl (C=O) groups excluding carboxylic acids is 2. The molecule has 0 aliphatic carbocycles. The quantitative estimate of drug-likeness (QED) is 0.378. The summed E-state index contributed by atoms with van der Waals surface area (Å²) in [6, 6.07) is 2.71. The van der Waals surface area contributed by atoms with E-state index in [9.17, 15) is 40.3 Å². The molecule has 0 unspecified atom stereocenters. The number of alkyl halides is 5. The Kier molecular flexibility index (Phi) is 7.50. The van der Waals surface area contributed by atoms with Gasteiger partial charge in [0, 0.05) is 23.9 Å². The number of hydrazine groups is 1. The lowest BCUT2D eigenvalue weighted by molar-refractivity contribution is -0.261. The average Bonchev–Trinajstić information content (AvgIpc) is 3.18. The van der Waals surface area contributed by atoms with Gasteiger partial charge in [0.1, 0.15) is 17.0 Å². The second kappa shape index (κ2) is 9.48. The third-order valence-electron chi connectivity index (χ3n) is 5.35. The minimum atomic E-state index is -5.01.